The minimum absolute atomic E-state index is 0.262. The molecule has 6 heteroatoms. The van der Waals surface area contributed by atoms with Crippen molar-refractivity contribution < 1.29 is 13.2 Å². The van der Waals surface area contributed by atoms with Gasteiger partial charge in [-0.25, -0.2) is 13.1 Å². The predicted molar refractivity (Wildman–Crippen MR) is 103 cm³/mol. The minimum Gasteiger partial charge on any atom is -0.492 e. The average molecular weight is 375 g/mol. The highest BCUT2D eigenvalue weighted by molar-refractivity contribution is 7.89. The Morgan fingerprint density at radius 1 is 0.962 bits per heavy atom. The van der Waals surface area contributed by atoms with Crippen molar-refractivity contribution in [1.29, 1.82) is 0 Å². The Morgan fingerprint density at radius 3 is 2.35 bits per heavy atom. The molecule has 0 bridgehead atoms. The van der Waals surface area contributed by atoms with E-state index in [1.54, 1.807) is 24.3 Å². The molecule has 140 valence electrons. The van der Waals surface area contributed by atoms with Crippen LogP contribution in [0.1, 0.15) is 18.4 Å². The summed E-state index contributed by atoms with van der Waals surface area (Å²) in [5, 5.41) is 0. The van der Waals surface area contributed by atoms with Crippen molar-refractivity contribution in [1.82, 2.24) is 9.62 Å². The highest BCUT2D eigenvalue weighted by Crippen LogP contribution is 2.16. The molecular formula is C20H26N2O3S. The number of nitrogens with one attached hydrogen (secondary N) is 1. The number of nitrogens with zero attached hydrogens (tertiary/aromatic N) is 1. The summed E-state index contributed by atoms with van der Waals surface area (Å²) in [6.45, 7) is 4.22. The smallest absolute Gasteiger partial charge is 0.240 e. The third-order valence-corrected chi connectivity index (χ3v) is 6.03. The second-order valence-corrected chi connectivity index (χ2v) is 8.27. The van der Waals surface area contributed by atoms with Crippen LogP contribution in [0.5, 0.6) is 5.75 Å². The maximum atomic E-state index is 12.4. The summed E-state index contributed by atoms with van der Waals surface area (Å²) in [4.78, 5) is 2.65. The van der Waals surface area contributed by atoms with Crippen LogP contribution in [0.2, 0.25) is 0 Å². The van der Waals surface area contributed by atoms with E-state index in [1.165, 1.54) is 12.8 Å². The van der Waals surface area contributed by atoms with E-state index in [2.05, 4.69) is 9.62 Å². The third kappa shape index (κ3) is 5.56. The highest BCUT2D eigenvalue weighted by Gasteiger charge is 2.14. The number of benzene rings is 2. The standard InChI is InChI=1S/C20H26N2O3S/c23-26(24,21-13-12-18-6-2-1-3-7-18)20-10-8-19(9-11-20)25-17-16-22-14-4-5-15-22/h1-3,6-11,21H,4-5,12-17H2. The van der Waals surface area contributed by atoms with Gasteiger partial charge in [0.05, 0.1) is 4.90 Å². The fourth-order valence-electron chi connectivity index (χ4n) is 3.07. The monoisotopic (exact) mass is 374 g/mol. The first-order valence-corrected chi connectivity index (χ1v) is 10.6. The van der Waals surface area contributed by atoms with Crippen molar-refractivity contribution in [2.24, 2.45) is 0 Å². The van der Waals surface area contributed by atoms with Crippen LogP contribution in [0.25, 0.3) is 0 Å². The zero-order valence-corrected chi connectivity index (χ0v) is 15.7. The second-order valence-electron chi connectivity index (χ2n) is 6.50. The molecule has 1 aliphatic heterocycles. The summed E-state index contributed by atoms with van der Waals surface area (Å²) in [6, 6.07) is 16.4. The van der Waals surface area contributed by atoms with E-state index in [0.717, 1.165) is 25.2 Å². The van der Waals surface area contributed by atoms with E-state index < -0.39 is 10.0 Å². The third-order valence-electron chi connectivity index (χ3n) is 4.56. The first-order valence-electron chi connectivity index (χ1n) is 9.12. The molecule has 0 saturated carbocycles. The molecule has 0 radical (unpaired) electrons. The van der Waals surface area contributed by atoms with Gasteiger partial charge in [-0.1, -0.05) is 30.3 Å². The van der Waals surface area contributed by atoms with Crippen LogP contribution in [-0.2, 0) is 16.4 Å². The number of sulfonamides is 1. The normalized spacial score (nSPS) is 15.2. The molecule has 0 aromatic heterocycles. The van der Waals surface area contributed by atoms with Crippen LogP contribution >= 0.6 is 0 Å². The van der Waals surface area contributed by atoms with E-state index >= 15 is 0 Å². The number of hydrogen-bond donors (Lipinski definition) is 1. The second kappa shape index (κ2) is 9.16. The molecule has 0 atom stereocenters. The van der Waals surface area contributed by atoms with Crippen molar-refractivity contribution >= 4 is 10.0 Å². The zero-order valence-electron chi connectivity index (χ0n) is 14.9. The lowest BCUT2D eigenvalue weighted by molar-refractivity contribution is 0.237. The number of likely N-dealkylation sites (tertiary alicyclic amines) is 1. The Labute approximate surface area is 156 Å². The highest BCUT2D eigenvalue weighted by atomic mass is 32.2. The minimum atomic E-state index is -3.49. The van der Waals surface area contributed by atoms with Gasteiger partial charge in [0.25, 0.3) is 0 Å². The van der Waals surface area contributed by atoms with Gasteiger partial charge < -0.3 is 4.74 Å². The van der Waals surface area contributed by atoms with Gasteiger partial charge in [-0.05, 0) is 62.2 Å². The van der Waals surface area contributed by atoms with Gasteiger partial charge in [-0.2, -0.15) is 0 Å². The molecule has 3 rings (SSSR count). The van der Waals surface area contributed by atoms with Crippen molar-refractivity contribution in [2.45, 2.75) is 24.2 Å². The van der Waals surface area contributed by atoms with Crippen molar-refractivity contribution in [3.8, 4) is 5.75 Å². The Hall–Kier alpha value is -1.89. The molecule has 2 aromatic carbocycles. The number of rotatable bonds is 9. The largest absolute Gasteiger partial charge is 0.492 e. The molecule has 0 unspecified atom stereocenters. The van der Waals surface area contributed by atoms with Crippen molar-refractivity contribution in [2.75, 3.05) is 32.8 Å². The first-order chi connectivity index (χ1) is 12.6. The lowest BCUT2D eigenvalue weighted by Crippen LogP contribution is -2.26. The van der Waals surface area contributed by atoms with Crippen LogP contribution in [-0.4, -0.2) is 46.1 Å². The maximum Gasteiger partial charge on any atom is 0.240 e. The van der Waals surface area contributed by atoms with Crippen LogP contribution in [0.4, 0.5) is 0 Å². The lowest BCUT2D eigenvalue weighted by atomic mass is 10.2. The quantitative estimate of drug-likeness (QED) is 0.733. The van der Waals surface area contributed by atoms with E-state index in [-0.39, 0.29) is 4.90 Å². The van der Waals surface area contributed by atoms with Crippen molar-refractivity contribution in [3.63, 3.8) is 0 Å². The van der Waals surface area contributed by atoms with E-state index in [9.17, 15) is 8.42 Å². The van der Waals surface area contributed by atoms with Gasteiger partial charge in [0, 0.05) is 13.1 Å². The Balaban J connectivity index is 1.46. The van der Waals surface area contributed by atoms with Gasteiger partial charge in [-0.3, -0.25) is 4.90 Å². The van der Waals surface area contributed by atoms with Crippen molar-refractivity contribution in [3.05, 3.63) is 60.2 Å². The zero-order chi connectivity index (χ0) is 18.2. The molecule has 1 fully saturated rings. The predicted octanol–water partition coefficient (Wildman–Crippen LogP) is 2.68. The molecular weight excluding hydrogens is 348 g/mol. The fraction of sp³-hybridized carbons (Fsp3) is 0.400. The summed E-state index contributed by atoms with van der Waals surface area (Å²) < 4.78 is 33.1. The summed E-state index contributed by atoms with van der Waals surface area (Å²) in [5.74, 6) is 0.701. The Morgan fingerprint density at radius 2 is 1.65 bits per heavy atom. The first kappa shape index (κ1) is 18.9. The average Bonchev–Trinajstić information content (AvgIpc) is 3.16. The van der Waals surface area contributed by atoms with Gasteiger partial charge in [0.2, 0.25) is 10.0 Å². The summed E-state index contributed by atoms with van der Waals surface area (Å²) in [6.07, 6.45) is 3.20. The molecule has 26 heavy (non-hydrogen) atoms. The molecule has 1 saturated heterocycles. The Kier molecular flexibility index (Phi) is 6.66. The van der Waals surface area contributed by atoms with Gasteiger partial charge in [-0.15, -0.1) is 0 Å². The topological polar surface area (TPSA) is 58.6 Å². The van der Waals surface area contributed by atoms with E-state index in [1.807, 2.05) is 30.3 Å². The van der Waals surface area contributed by atoms with Crippen LogP contribution in [0.15, 0.2) is 59.5 Å². The molecule has 2 aromatic rings. The van der Waals surface area contributed by atoms with Gasteiger partial charge in [0.1, 0.15) is 12.4 Å². The summed E-state index contributed by atoms with van der Waals surface area (Å²) in [7, 11) is -3.49. The van der Waals surface area contributed by atoms with Crippen LogP contribution in [0, 0.1) is 0 Å². The molecule has 1 heterocycles. The van der Waals surface area contributed by atoms with E-state index in [0.29, 0.717) is 25.3 Å². The molecule has 0 amide bonds. The fourth-order valence-corrected chi connectivity index (χ4v) is 4.10. The lowest BCUT2D eigenvalue weighted by Gasteiger charge is -2.15. The molecule has 0 aliphatic carbocycles. The molecule has 5 nitrogen and oxygen atoms in total. The summed E-state index contributed by atoms with van der Waals surface area (Å²) in [5.41, 5.74) is 1.11. The SMILES string of the molecule is O=S(=O)(NCCc1ccccc1)c1ccc(OCCN2CCCC2)cc1. The van der Waals surface area contributed by atoms with Gasteiger partial charge in [0.15, 0.2) is 0 Å². The Bertz CT molecular complexity index is 770. The summed E-state index contributed by atoms with van der Waals surface area (Å²) >= 11 is 0. The van der Waals surface area contributed by atoms with Crippen LogP contribution < -0.4 is 9.46 Å². The van der Waals surface area contributed by atoms with Crippen LogP contribution in [0.3, 0.4) is 0 Å². The molecule has 1 N–H and O–H groups in total. The van der Waals surface area contributed by atoms with E-state index in [4.69, 9.17) is 4.74 Å². The number of ether oxygens (including phenoxy) is 1. The maximum absolute atomic E-state index is 12.4. The molecule has 1 aliphatic rings. The molecule has 0 spiro atoms. The number of hydrogen-bond acceptors (Lipinski definition) is 4. The van der Waals surface area contributed by atoms with Gasteiger partial charge >= 0.3 is 0 Å².